The van der Waals surface area contributed by atoms with Crippen molar-refractivity contribution in [1.82, 2.24) is 5.32 Å². The highest BCUT2D eigenvalue weighted by atomic mass is 16.5. The van der Waals surface area contributed by atoms with Gasteiger partial charge in [0.25, 0.3) is 0 Å². The zero-order chi connectivity index (χ0) is 17.8. The van der Waals surface area contributed by atoms with Crippen LogP contribution in [0.15, 0.2) is 12.2 Å². The lowest BCUT2D eigenvalue weighted by molar-refractivity contribution is -0.143. The van der Waals surface area contributed by atoms with Crippen LogP contribution in [0.25, 0.3) is 0 Å². The molecule has 4 heteroatoms. The molecule has 0 radical (unpaired) electrons. The summed E-state index contributed by atoms with van der Waals surface area (Å²) in [6.07, 6.45) is 11.6. The van der Waals surface area contributed by atoms with Crippen LogP contribution in [0, 0.1) is 34.5 Å². The van der Waals surface area contributed by atoms with E-state index in [4.69, 9.17) is 4.74 Å². The van der Waals surface area contributed by atoms with Gasteiger partial charge in [-0.3, -0.25) is 9.59 Å². The number of ether oxygens (including phenoxy) is 1. The molecule has 138 valence electrons. The standard InChI is InChI=1S/C21H31NO3/c1-20-10-8-16-14(15(20)6-4-13(20)12-19(24)25-3)5-7-17-21(16,2)11-9-18(23)22-17/h9,11,13-17H,4-8,10,12H2,1-3H3,(H,22,23)/t13-,14?,15+,16?,17-,20-,21-/m1/s1. The summed E-state index contributed by atoms with van der Waals surface area (Å²) >= 11 is 0. The predicted octanol–water partition coefficient (Wildman–Crippen LogP) is 3.46. The van der Waals surface area contributed by atoms with Crippen LogP contribution in [0.4, 0.5) is 0 Å². The van der Waals surface area contributed by atoms with Gasteiger partial charge in [-0.15, -0.1) is 0 Å². The summed E-state index contributed by atoms with van der Waals surface area (Å²) in [6.45, 7) is 4.79. The van der Waals surface area contributed by atoms with Crippen LogP contribution < -0.4 is 5.32 Å². The molecule has 1 amide bonds. The Balaban J connectivity index is 1.59. The average Bonchev–Trinajstić information content (AvgIpc) is 2.92. The Hall–Kier alpha value is -1.32. The van der Waals surface area contributed by atoms with Gasteiger partial charge in [0, 0.05) is 17.9 Å². The van der Waals surface area contributed by atoms with Crippen LogP contribution >= 0.6 is 0 Å². The molecule has 4 rings (SSSR count). The topological polar surface area (TPSA) is 55.4 Å². The van der Waals surface area contributed by atoms with E-state index in [1.165, 1.54) is 32.8 Å². The minimum atomic E-state index is -0.0532. The normalized spacial score (nSPS) is 48.1. The second-order valence-corrected chi connectivity index (χ2v) is 9.31. The molecule has 0 aromatic heterocycles. The molecule has 7 atom stereocenters. The maximum atomic E-state index is 11.9. The predicted molar refractivity (Wildman–Crippen MR) is 95.6 cm³/mol. The molecule has 0 saturated heterocycles. The van der Waals surface area contributed by atoms with Gasteiger partial charge in [-0.25, -0.2) is 0 Å². The second kappa shape index (κ2) is 5.85. The third-order valence-corrected chi connectivity index (χ3v) is 8.52. The van der Waals surface area contributed by atoms with Gasteiger partial charge in [0.2, 0.25) is 5.91 Å². The Morgan fingerprint density at radius 1 is 1.20 bits per heavy atom. The first-order chi connectivity index (χ1) is 11.9. The highest BCUT2D eigenvalue weighted by molar-refractivity contribution is 5.89. The number of methoxy groups -OCH3 is 1. The van der Waals surface area contributed by atoms with E-state index < -0.39 is 0 Å². The molecule has 3 aliphatic carbocycles. The van der Waals surface area contributed by atoms with Crippen molar-refractivity contribution in [2.24, 2.45) is 34.5 Å². The second-order valence-electron chi connectivity index (χ2n) is 9.31. The summed E-state index contributed by atoms with van der Waals surface area (Å²) in [4.78, 5) is 23.7. The van der Waals surface area contributed by atoms with Gasteiger partial charge < -0.3 is 10.1 Å². The quantitative estimate of drug-likeness (QED) is 0.780. The Labute approximate surface area is 150 Å². The minimum absolute atomic E-state index is 0.0532. The van der Waals surface area contributed by atoms with E-state index in [-0.39, 0.29) is 22.7 Å². The first-order valence-corrected chi connectivity index (χ1v) is 9.95. The molecule has 3 saturated carbocycles. The summed E-state index contributed by atoms with van der Waals surface area (Å²) in [7, 11) is 1.50. The molecule has 0 aromatic rings. The van der Waals surface area contributed by atoms with Crippen molar-refractivity contribution in [3.63, 3.8) is 0 Å². The van der Waals surface area contributed by atoms with Crippen molar-refractivity contribution >= 4 is 11.9 Å². The Morgan fingerprint density at radius 3 is 2.76 bits per heavy atom. The lowest BCUT2D eigenvalue weighted by Gasteiger charge is -2.58. The van der Waals surface area contributed by atoms with Gasteiger partial charge in [-0.05, 0) is 73.7 Å². The first kappa shape index (κ1) is 17.1. The summed E-state index contributed by atoms with van der Waals surface area (Å²) in [5, 5.41) is 3.22. The summed E-state index contributed by atoms with van der Waals surface area (Å²) in [5.74, 6) is 2.58. The maximum Gasteiger partial charge on any atom is 0.305 e. The number of fused-ring (bicyclic) bond motifs is 5. The van der Waals surface area contributed by atoms with Crippen molar-refractivity contribution in [2.75, 3.05) is 7.11 Å². The van der Waals surface area contributed by atoms with Crippen molar-refractivity contribution in [3.8, 4) is 0 Å². The summed E-state index contributed by atoms with van der Waals surface area (Å²) < 4.78 is 4.95. The lowest BCUT2D eigenvalue weighted by Crippen LogP contribution is -2.59. The van der Waals surface area contributed by atoms with E-state index in [1.54, 1.807) is 6.08 Å². The average molecular weight is 345 g/mol. The molecule has 4 nitrogen and oxygen atoms in total. The molecule has 4 aliphatic rings. The first-order valence-electron chi connectivity index (χ1n) is 9.95. The van der Waals surface area contributed by atoms with Gasteiger partial charge in [0.05, 0.1) is 7.11 Å². The molecule has 2 unspecified atom stereocenters. The summed E-state index contributed by atoms with van der Waals surface area (Å²) in [6, 6.07) is 0.294. The van der Waals surface area contributed by atoms with Crippen LogP contribution in [0.2, 0.25) is 0 Å². The third-order valence-electron chi connectivity index (χ3n) is 8.52. The van der Waals surface area contributed by atoms with Gasteiger partial charge in [-0.2, -0.15) is 0 Å². The van der Waals surface area contributed by atoms with Crippen LogP contribution in [0.3, 0.4) is 0 Å². The number of esters is 1. The Kier molecular flexibility index (Phi) is 4.01. The fourth-order valence-corrected chi connectivity index (χ4v) is 7.06. The van der Waals surface area contributed by atoms with Gasteiger partial charge in [-0.1, -0.05) is 19.9 Å². The van der Waals surface area contributed by atoms with Crippen LogP contribution in [0.5, 0.6) is 0 Å². The lowest BCUT2D eigenvalue weighted by atomic mass is 9.48. The molecule has 25 heavy (non-hydrogen) atoms. The van der Waals surface area contributed by atoms with Crippen LogP contribution in [-0.2, 0) is 14.3 Å². The minimum Gasteiger partial charge on any atom is -0.469 e. The molecule has 0 spiro atoms. The van der Waals surface area contributed by atoms with E-state index >= 15 is 0 Å². The van der Waals surface area contributed by atoms with Crippen LogP contribution in [0.1, 0.15) is 58.8 Å². The zero-order valence-corrected chi connectivity index (χ0v) is 15.7. The zero-order valence-electron chi connectivity index (χ0n) is 15.7. The number of hydrogen-bond donors (Lipinski definition) is 1. The molecule has 1 N–H and O–H groups in total. The van der Waals surface area contributed by atoms with E-state index in [0.29, 0.717) is 30.2 Å². The van der Waals surface area contributed by atoms with E-state index in [0.717, 1.165) is 18.8 Å². The SMILES string of the molecule is COC(=O)C[C@H]1CC[C@H]2C3CC[C@H]4NC(=O)C=C[C@]4(C)C3CC[C@]12C. The number of carbonyl (C=O) groups is 2. The Morgan fingerprint density at radius 2 is 2.00 bits per heavy atom. The van der Waals surface area contributed by atoms with Gasteiger partial charge in [0.15, 0.2) is 0 Å². The van der Waals surface area contributed by atoms with Gasteiger partial charge >= 0.3 is 5.97 Å². The number of nitrogens with one attached hydrogen (secondary N) is 1. The van der Waals surface area contributed by atoms with Crippen LogP contribution in [-0.4, -0.2) is 25.0 Å². The number of carbonyl (C=O) groups excluding carboxylic acids is 2. The van der Waals surface area contributed by atoms with Crippen molar-refractivity contribution < 1.29 is 14.3 Å². The van der Waals surface area contributed by atoms with Gasteiger partial charge in [0.1, 0.15) is 0 Å². The number of rotatable bonds is 2. The fraction of sp³-hybridized carbons (Fsp3) is 0.810. The number of amides is 1. The molecular weight excluding hydrogens is 314 g/mol. The third kappa shape index (κ3) is 2.47. The van der Waals surface area contributed by atoms with Crippen molar-refractivity contribution in [2.45, 2.75) is 64.8 Å². The molecule has 0 bridgehead atoms. The molecule has 0 aromatic carbocycles. The van der Waals surface area contributed by atoms with Crippen molar-refractivity contribution in [3.05, 3.63) is 12.2 Å². The largest absolute Gasteiger partial charge is 0.469 e. The molecule has 3 fully saturated rings. The van der Waals surface area contributed by atoms with E-state index in [2.05, 4.69) is 25.2 Å². The molecular formula is C21H31NO3. The Bertz CT molecular complexity index is 614. The van der Waals surface area contributed by atoms with E-state index in [1.807, 2.05) is 0 Å². The van der Waals surface area contributed by atoms with Crippen molar-refractivity contribution in [1.29, 1.82) is 0 Å². The maximum absolute atomic E-state index is 11.9. The molecule has 1 aliphatic heterocycles. The summed E-state index contributed by atoms with van der Waals surface area (Å²) in [5.41, 5.74) is 0.374. The molecule has 1 heterocycles. The smallest absolute Gasteiger partial charge is 0.305 e. The number of hydrogen-bond acceptors (Lipinski definition) is 3. The fourth-order valence-electron chi connectivity index (χ4n) is 7.06. The highest BCUT2D eigenvalue weighted by Gasteiger charge is 2.59. The monoisotopic (exact) mass is 345 g/mol. The van der Waals surface area contributed by atoms with E-state index in [9.17, 15) is 9.59 Å². The highest BCUT2D eigenvalue weighted by Crippen LogP contribution is 2.65.